The van der Waals surface area contributed by atoms with E-state index in [0.29, 0.717) is 12.0 Å². The summed E-state index contributed by atoms with van der Waals surface area (Å²) in [5.74, 6) is -3.22. The lowest BCUT2D eigenvalue weighted by Crippen LogP contribution is -2.57. The van der Waals surface area contributed by atoms with Crippen LogP contribution >= 0.6 is 0 Å². The third kappa shape index (κ3) is 11.0. The van der Waals surface area contributed by atoms with Crippen LogP contribution in [0.3, 0.4) is 0 Å². The number of nitrogens with one attached hydrogen (secondary N) is 3. The van der Waals surface area contributed by atoms with Crippen molar-refractivity contribution in [2.45, 2.75) is 56.8 Å². The van der Waals surface area contributed by atoms with Gasteiger partial charge in [0.2, 0.25) is 17.7 Å². The zero-order valence-electron chi connectivity index (χ0n) is 22.2. The maximum atomic E-state index is 13.4. The number of carboxylic acids is 1. The monoisotopic (exact) mass is 555 g/mol. The molecular weight excluding hydrogens is 518 g/mol. The molecule has 0 aliphatic heterocycles. The minimum absolute atomic E-state index is 0.0751. The molecule has 0 spiro atoms. The van der Waals surface area contributed by atoms with E-state index in [1.54, 1.807) is 42.5 Å². The maximum Gasteiger partial charge on any atom is 0.325 e. The van der Waals surface area contributed by atoms with Crippen molar-refractivity contribution in [3.63, 3.8) is 0 Å². The molecule has 13 nitrogen and oxygen atoms in total. The highest BCUT2D eigenvalue weighted by Gasteiger charge is 2.29. The van der Waals surface area contributed by atoms with Gasteiger partial charge in [0.1, 0.15) is 23.9 Å². The molecule has 2 rings (SSSR count). The van der Waals surface area contributed by atoms with Crippen molar-refractivity contribution in [1.29, 1.82) is 0 Å². The van der Waals surface area contributed by atoms with Gasteiger partial charge in [-0.25, -0.2) is 0 Å². The van der Waals surface area contributed by atoms with Crippen LogP contribution in [0.4, 0.5) is 0 Å². The van der Waals surface area contributed by atoms with Crippen LogP contribution in [0.15, 0.2) is 59.6 Å². The van der Waals surface area contributed by atoms with Crippen LogP contribution in [0, 0.1) is 0 Å². The van der Waals surface area contributed by atoms with Gasteiger partial charge in [0.25, 0.3) is 0 Å². The number of amides is 3. The molecule has 0 saturated heterocycles. The van der Waals surface area contributed by atoms with Crippen molar-refractivity contribution in [3.05, 3.63) is 65.7 Å². The fourth-order valence-electron chi connectivity index (χ4n) is 3.74. The van der Waals surface area contributed by atoms with E-state index >= 15 is 0 Å². The van der Waals surface area contributed by atoms with E-state index in [1.165, 1.54) is 19.1 Å². The molecule has 3 amide bonds. The SMILES string of the molecule is C[C@@H](NC(=O)[C@H](Cc1ccccc1)NC(=O)[C@@H](CCCN=C(N)N)NC(=O)[C@@H](N)Cc1ccc(O)cc1)C(=O)O. The number of aliphatic imine (C=N–C) groups is 1. The predicted molar refractivity (Wildman–Crippen MR) is 149 cm³/mol. The Kier molecular flexibility index (Phi) is 12.4. The van der Waals surface area contributed by atoms with E-state index in [9.17, 15) is 29.4 Å². The number of hydrogen-bond acceptors (Lipinski definition) is 7. The van der Waals surface area contributed by atoms with Gasteiger partial charge in [0, 0.05) is 13.0 Å². The van der Waals surface area contributed by atoms with Gasteiger partial charge in [-0.15, -0.1) is 0 Å². The minimum Gasteiger partial charge on any atom is -0.508 e. The lowest BCUT2D eigenvalue weighted by atomic mass is 10.0. The normalized spacial score (nSPS) is 13.7. The number of aromatic hydroxyl groups is 1. The summed E-state index contributed by atoms with van der Waals surface area (Å²) in [6, 6.07) is 10.7. The van der Waals surface area contributed by atoms with Gasteiger partial charge >= 0.3 is 5.97 Å². The van der Waals surface area contributed by atoms with Crippen LogP contribution in [-0.2, 0) is 32.0 Å². The first kappa shape index (κ1) is 31.6. The van der Waals surface area contributed by atoms with Crippen LogP contribution < -0.4 is 33.2 Å². The quantitative estimate of drug-likeness (QED) is 0.0772. The smallest absolute Gasteiger partial charge is 0.325 e. The Morgan fingerprint density at radius 3 is 2.00 bits per heavy atom. The number of nitrogens with zero attached hydrogens (tertiary/aromatic N) is 1. The first-order valence-corrected chi connectivity index (χ1v) is 12.7. The number of nitrogens with two attached hydrogens (primary N) is 3. The molecule has 216 valence electrons. The Hall–Kier alpha value is -4.65. The third-order valence-corrected chi connectivity index (χ3v) is 5.95. The van der Waals surface area contributed by atoms with E-state index < -0.39 is 47.9 Å². The number of benzene rings is 2. The van der Waals surface area contributed by atoms with Crippen LogP contribution in [0.5, 0.6) is 5.75 Å². The van der Waals surface area contributed by atoms with Crippen LogP contribution in [0.2, 0.25) is 0 Å². The molecule has 0 saturated carbocycles. The molecule has 0 bridgehead atoms. The van der Waals surface area contributed by atoms with E-state index in [2.05, 4.69) is 20.9 Å². The highest BCUT2D eigenvalue weighted by Crippen LogP contribution is 2.11. The Bertz CT molecular complexity index is 1170. The molecule has 0 aliphatic carbocycles. The Morgan fingerprint density at radius 2 is 1.40 bits per heavy atom. The number of carbonyl (C=O) groups excluding carboxylic acids is 3. The van der Waals surface area contributed by atoms with Crippen molar-refractivity contribution in [3.8, 4) is 5.75 Å². The molecule has 0 fully saturated rings. The summed E-state index contributed by atoms with van der Waals surface area (Å²) in [5, 5.41) is 26.3. The van der Waals surface area contributed by atoms with Crippen molar-refractivity contribution >= 4 is 29.7 Å². The number of hydrogen-bond donors (Lipinski definition) is 8. The fourth-order valence-corrected chi connectivity index (χ4v) is 3.74. The van der Waals surface area contributed by atoms with Crippen molar-refractivity contribution in [2.24, 2.45) is 22.2 Å². The second-order valence-electron chi connectivity index (χ2n) is 9.31. The molecule has 0 heterocycles. The average Bonchev–Trinajstić information content (AvgIpc) is 2.91. The molecule has 11 N–H and O–H groups in total. The molecule has 0 radical (unpaired) electrons. The largest absolute Gasteiger partial charge is 0.508 e. The van der Waals surface area contributed by atoms with Crippen molar-refractivity contribution in [2.75, 3.05) is 6.54 Å². The molecule has 13 heteroatoms. The number of carbonyl (C=O) groups is 4. The molecule has 40 heavy (non-hydrogen) atoms. The third-order valence-electron chi connectivity index (χ3n) is 5.95. The number of rotatable bonds is 15. The minimum atomic E-state index is -1.23. The van der Waals surface area contributed by atoms with Crippen molar-refractivity contribution < 1.29 is 29.4 Å². The van der Waals surface area contributed by atoms with Gasteiger partial charge < -0.3 is 43.4 Å². The summed E-state index contributed by atoms with van der Waals surface area (Å²) in [5.41, 5.74) is 18.3. The van der Waals surface area contributed by atoms with E-state index in [1.807, 2.05) is 0 Å². The van der Waals surface area contributed by atoms with E-state index in [0.717, 1.165) is 5.56 Å². The van der Waals surface area contributed by atoms with Crippen LogP contribution in [0.1, 0.15) is 30.9 Å². The molecule has 0 unspecified atom stereocenters. The second kappa shape index (κ2) is 15.7. The first-order valence-electron chi connectivity index (χ1n) is 12.7. The zero-order chi connectivity index (χ0) is 29.7. The lowest BCUT2D eigenvalue weighted by Gasteiger charge is -2.25. The lowest BCUT2D eigenvalue weighted by molar-refractivity contribution is -0.141. The zero-order valence-corrected chi connectivity index (χ0v) is 22.2. The maximum absolute atomic E-state index is 13.4. The first-order chi connectivity index (χ1) is 19.0. The Balaban J connectivity index is 2.19. The van der Waals surface area contributed by atoms with Gasteiger partial charge in [0.15, 0.2) is 5.96 Å². The van der Waals surface area contributed by atoms with Crippen molar-refractivity contribution in [1.82, 2.24) is 16.0 Å². The van der Waals surface area contributed by atoms with E-state index in [-0.39, 0.29) is 37.5 Å². The number of aliphatic carboxylic acids is 1. The predicted octanol–water partition coefficient (Wildman–Crippen LogP) is -0.883. The highest BCUT2D eigenvalue weighted by molar-refractivity contribution is 5.94. The number of phenolic OH excluding ortho intramolecular Hbond substituents is 1. The standard InChI is InChI=1S/C27H37N7O6/c1-16(26(39)40)32-25(38)22(15-17-6-3-2-4-7-17)34-24(37)21(8-5-13-31-27(29)30)33-23(36)20(28)14-18-9-11-19(35)12-10-18/h2-4,6-7,9-12,16,20-22,35H,5,8,13-15,28H2,1H3,(H,32,38)(H,33,36)(H,34,37)(H,39,40)(H4,29,30,31)/t16-,20+,21-,22+/m1/s1. The topological polar surface area (TPSA) is 235 Å². The van der Waals surface area contributed by atoms with Crippen LogP contribution in [0.25, 0.3) is 0 Å². The van der Waals surface area contributed by atoms with Gasteiger partial charge in [-0.05, 0) is 49.4 Å². The number of phenols is 1. The van der Waals surface area contributed by atoms with Gasteiger partial charge in [-0.2, -0.15) is 0 Å². The molecule has 2 aromatic carbocycles. The van der Waals surface area contributed by atoms with Gasteiger partial charge in [-0.1, -0.05) is 42.5 Å². The van der Waals surface area contributed by atoms with Gasteiger partial charge in [0.05, 0.1) is 6.04 Å². The summed E-state index contributed by atoms with van der Waals surface area (Å²) in [6.07, 6.45) is 0.695. The Morgan fingerprint density at radius 1 is 0.825 bits per heavy atom. The molecule has 4 atom stereocenters. The second-order valence-corrected chi connectivity index (χ2v) is 9.31. The van der Waals surface area contributed by atoms with Gasteiger partial charge in [-0.3, -0.25) is 24.2 Å². The molecule has 2 aromatic rings. The Labute approximate surface area is 232 Å². The number of guanidine groups is 1. The average molecular weight is 556 g/mol. The molecule has 0 aromatic heterocycles. The highest BCUT2D eigenvalue weighted by atomic mass is 16.4. The summed E-state index contributed by atoms with van der Waals surface area (Å²) in [4.78, 5) is 54.4. The van der Waals surface area contributed by atoms with Crippen LogP contribution in [-0.4, -0.2) is 70.6 Å². The summed E-state index contributed by atoms with van der Waals surface area (Å²) < 4.78 is 0. The summed E-state index contributed by atoms with van der Waals surface area (Å²) >= 11 is 0. The summed E-state index contributed by atoms with van der Waals surface area (Å²) in [7, 11) is 0. The van der Waals surface area contributed by atoms with E-state index in [4.69, 9.17) is 17.2 Å². The summed E-state index contributed by atoms with van der Waals surface area (Å²) in [6.45, 7) is 1.51. The molecule has 0 aliphatic rings. The molecular formula is C27H37N7O6. The number of carboxylic acid groups (broad SMARTS) is 1. The fraction of sp³-hybridized carbons (Fsp3) is 0.370.